The minimum Gasteiger partial charge on any atom is -0.368 e. The second-order valence-corrected chi connectivity index (χ2v) is 7.03. The molecule has 0 saturated heterocycles. The monoisotopic (exact) mass is 313 g/mol. The number of hydrogen-bond acceptors (Lipinski definition) is 5. The summed E-state index contributed by atoms with van der Waals surface area (Å²) in [5.41, 5.74) is 7.92. The van der Waals surface area contributed by atoms with Gasteiger partial charge in [0.15, 0.2) is 0 Å². The summed E-state index contributed by atoms with van der Waals surface area (Å²) in [4.78, 5) is 13.0. The maximum Gasteiger partial charge on any atom is 0.221 e. The number of nitrogens with two attached hydrogens (primary N) is 1. The molecule has 0 atom stereocenters. The maximum absolute atomic E-state index is 5.83. The van der Waals surface area contributed by atoms with Crippen LogP contribution in [0.1, 0.15) is 31.7 Å². The molecule has 0 bridgehead atoms. The van der Waals surface area contributed by atoms with Crippen LogP contribution in [0.25, 0.3) is 21.9 Å². The lowest BCUT2D eigenvalue weighted by molar-refractivity contribution is 0.373. The van der Waals surface area contributed by atoms with E-state index in [2.05, 4.69) is 25.8 Å². The molecule has 0 radical (unpaired) electrons. The third-order valence-corrected chi connectivity index (χ3v) is 5.85. The van der Waals surface area contributed by atoms with Crippen molar-refractivity contribution in [3.63, 3.8) is 0 Å². The van der Waals surface area contributed by atoms with Crippen molar-refractivity contribution in [2.75, 3.05) is 12.0 Å². The molecular weight excluding hydrogens is 294 g/mol. The predicted molar refractivity (Wildman–Crippen MR) is 92.0 cm³/mol. The third kappa shape index (κ3) is 2.13. The van der Waals surface area contributed by atoms with Gasteiger partial charge in [-0.15, -0.1) is 0 Å². The molecule has 1 saturated carbocycles. The molecule has 6 heteroatoms. The summed E-state index contributed by atoms with van der Waals surface area (Å²) in [5.74, 6) is 0.335. The Morgan fingerprint density at radius 3 is 2.77 bits per heavy atom. The van der Waals surface area contributed by atoms with Crippen LogP contribution in [0.2, 0.25) is 0 Å². The normalized spacial score (nSPS) is 22.4. The van der Waals surface area contributed by atoms with Gasteiger partial charge in [0.1, 0.15) is 5.65 Å². The van der Waals surface area contributed by atoms with Gasteiger partial charge < -0.3 is 10.3 Å². The third-order valence-electron chi connectivity index (χ3n) is 4.71. The Hall–Kier alpha value is -1.82. The van der Waals surface area contributed by atoms with Gasteiger partial charge in [-0.25, -0.2) is 4.98 Å². The quantitative estimate of drug-likeness (QED) is 0.785. The fraction of sp³-hybridized carbons (Fsp3) is 0.438. The minimum absolute atomic E-state index is 0.335. The lowest BCUT2D eigenvalue weighted by atomic mass is 9.94. The molecule has 0 unspecified atom stereocenters. The molecule has 3 aromatic heterocycles. The fourth-order valence-electron chi connectivity index (χ4n) is 3.59. The van der Waals surface area contributed by atoms with Crippen molar-refractivity contribution >= 4 is 39.6 Å². The molecule has 114 valence electrons. The van der Waals surface area contributed by atoms with E-state index < -0.39 is 0 Å². The van der Waals surface area contributed by atoms with E-state index in [4.69, 9.17) is 5.73 Å². The first-order chi connectivity index (χ1) is 10.8. The second-order valence-electron chi connectivity index (χ2n) is 5.89. The zero-order chi connectivity index (χ0) is 15.1. The second kappa shape index (κ2) is 5.43. The van der Waals surface area contributed by atoms with Gasteiger partial charge in [-0.3, -0.25) is 4.98 Å². The van der Waals surface area contributed by atoms with E-state index in [0.29, 0.717) is 12.0 Å². The van der Waals surface area contributed by atoms with Gasteiger partial charge in [0.2, 0.25) is 5.95 Å². The number of nitrogens with zero attached hydrogens (tertiary/aromatic N) is 4. The summed E-state index contributed by atoms with van der Waals surface area (Å²) in [5, 5.41) is 3.03. The lowest BCUT2D eigenvalue weighted by Gasteiger charge is -2.29. The van der Waals surface area contributed by atoms with Crippen molar-refractivity contribution in [1.82, 2.24) is 19.5 Å². The summed E-state index contributed by atoms with van der Waals surface area (Å²) in [6, 6.07) is 2.52. The molecule has 5 nitrogen and oxygen atoms in total. The van der Waals surface area contributed by atoms with Crippen LogP contribution in [0, 0.1) is 0 Å². The Bertz CT molecular complexity index is 820. The van der Waals surface area contributed by atoms with E-state index in [0.717, 1.165) is 27.2 Å². The SMILES string of the molecule is CSC1CCC(n2c3cnccc3c3cnc(N)nc32)CC1. The van der Waals surface area contributed by atoms with Crippen LogP contribution in [0.3, 0.4) is 0 Å². The number of aromatic nitrogens is 4. The van der Waals surface area contributed by atoms with Crippen LogP contribution >= 0.6 is 11.8 Å². The zero-order valence-electron chi connectivity index (χ0n) is 12.6. The first-order valence-corrected chi connectivity index (χ1v) is 8.95. The van der Waals surface area contributed by atoms with Crippen molar-refractivity contribution in [1.29, 1.82) is 0 Å². The topological polar surface area (TPSA) is 69.6 Å². The maximum atomic E-state index is 5.83. The van der Waals surface area contributed by atoms with Crippen molar-refractivity contribution in [2.24, 2.45) is 0 Å². The molecule has 2 N–H and O–H groups in total. The highest BCUT2D eigenvalue weighted by molar-refractivity contribution is 7.99. The fourth-order valence-corrected chi connectivity index (χ4v) is 4.33. The first-order valence-electron chi connectivity index (χ1n) is 7.67. The molecule has 0 aromatic carbocycles. The van der Waals surface area contributed by atoms with Crippen molar-refractivity contribution in [3.05, 3.63) is 24.7 Å². The van der Waals surface area contributed by atoms with Gasteiger partial charge in [0.05, 0.1) is 11.7 Å². The molecule has 1 fully saturated rings. The van der Waals surface area contributed by atoms with Crippen LogP contribution in [0.5, 0.6) is 0 Å². The summed E-state index contributed by atoms with van der Waals surface area (Å²) >= 11 is 1.99. The molecule has 0 spiro atoms. The Labute approximate surface area is 133 Å². The highest BCUT2D eigenvalue weighted by Crippen LogP contribution is 2.38. The van der Waals surface area contributed by atoms with E-state index in [1.165, 1.54) is 25.7 Å². The molecule has 0 amide bonds. The molecule has 22 heavy (non-hydrogen) atoms. The van der Waals surface area contributed by atoms with E-state index >= 15 is 0 Å². The van der Waals surface area contributed by atoms with Gasteiger partial charge in [-0.05, 0) is 38.0 Å². The zero-order valence-corrected chi connectivity index (χ0v) is 13.4. The van der Waals surface area contributed by atoms with Gasteiger partial charge in [-0.2, -0.15) is 16.7 Å². The number of nitrogen functional groups attached to an aromatic ring is 1. The average Bonchev–Trinajstić information content (AvgIpc) is 2.88. The van der Waals surface area contributed by atoms with Gasteiger partial charge in [-0.1, -0.05) is 0 Å². The highest BCUT2D eigenvalue weighted by Gasteiger charge is 2.25. The smallest absolute Gasteiger partial charge is 0.221 e. The summed E-state index contributed by atoms with van der Waals surface area (Å²) in [6.45, 7) is 0. The Morgan fingerprint density at radius 2 is 2.00 bits per heavy atom. The minimum atomic E-state index is 0.335. The van der Waals surface area contributed by atoms with Crippen molar-refractivity contribution in [2.45, 2.75) is 37.0 Å². The van der Waals surface area contributed by atoms with Crippen molar-refractivity contribution < 1.29 is 0 Å². The van der Waals surface area contributed by atoms with Crippen LogP contribution in [0.15, 0.2) is 24.7 Å². The molecule has 0 aliphatic heterocycles. The van der Waals surface area contributed by atoms with Gasteiger partial charge >= 0.3 is 0 Å². The molecule has 1 aliphatic rings. The van der Waals surface area contributed by atoms with Crippen LogP contribution in [0.4, 0.5) is 5.95 Å². The number of rotatable bonds is 2. The number of hydrogen-bond donors (Lipinski definition) is 1. The number of thioether (sulfide) groups is 1. The molecule has 3 heterocycles. The predicted octanol–water partition coefficient (Wildman–Crippen LogP) is 3.41. The first kappa shape index (κ1) is 13.8. The van der Waals surface area contributed by atoms with E-state index in [-0.39, 0.29) is 0 Å². The molecule has 3 aromatic rings. The largest absolute Gasteiger partial charge is 0.368 e. The average molecular weight is 313 g/mol. The molecular formula is C16H19N5S. The Kier molecular flexibility index (Phi) is 3.41. The number of anilines is 1. The van der Waals surface area contributed by atoms with E-state index in [1.54, 1.807) is 0 Å². The van der Waals surface area contributed by atoms with Crippen LogP contribution in [-0.4, -0.2) is 31.0 Å². The van der Waals surface area contributed by atoms with Crippen LogP contribution in [-0.2, 0) is 0 Å². The van der Waals surface area contributed by atoms with Crippen LogP contribution < -0.4 is 5.73 Å². The molecule has 1 aliphatic carbocycles. The van der Waals surface area contributed by atoms with Crippen molar-refractivity contribution in [3.8, 4) is 0 Å². The summed E-state index contributed by atoms with van der Waals surface area (Å²) in [7, 11) is 0. The summed E-state index contributed by atoms with van der Waals surface area (Å²) < 4.78 is 2.34. The standard InChI is InChI=1S/C16H19N5S/c1-22-11-4-2-10(3-5-11)21-14-9-18-7-6-12(14)13-8-19-16(17)20-15(13)21/h6-11H,2-5H2,1H3,(H2,17,19,20). The van der Waals surface area contributed by atoms with E-state index in [9.17, 15) is 0 Å². The number of pyridine rings is 1. The number of fused-ring (bicyclic) bond motifs is 3. The van der Waals surface area contributed by atoms with Gasteiger partial charge in [0, 0.05) is 34.5 Å². The lowest BCUT2D eigenvalue weighted by Crippen LogP contribution is -2.19. The van der Waals surface area contributed by atoms with Gasteiger partial charge in [0.25, 0.3) is 0 Å². The summed E-state index contributed by atoms with van der Waals surface area (Å²) in [6.07, 6.45) is 12.7. The Balaban J connectivity index is 1.89. The van der Waals surface area contributed by atoms with E-state index in [1.807, 2.05) is 36.4 Å². The Morgan fingerprint density at radius 1 is 1.18 bits per heavy atom. The molecule has 4 rings (SSSR count). The highest BCUT2D eigenvalue weighted by atomic mass is 32.2.